The lowest BCUT2D eigenvalue weighted by molar-refractivity contribution is 0.430. The molecule has 0 atom stereocenters. The summed E-state index contributed by atoms with van der Waals surface area (Å²) in [6, 6.07) is 4.99. The number of halogens is 1. The van der Waals surface area contributed by atoms with Gasteiger partial charge in [0.25, 0.3) is 0 Å². The second-order valence-corrected chi connectivity index (χ2v) is 9.55. The third kappa shape index (κ3) is 3.18. The van der Waals surface area contributed by atoms with Crippen LogP contribution < -0.4 is 0 Å². The van der Waals surface area contributed by atoms with Crippen LogP contribution in [0.5, 0.6) is 0 Å². The summed E-state index contributed by atoms with van der Waals surface area (Å²) in [4.78, 5) is 0.178. The van der Waals surface area contributed by atoms with Gasteiger partial charge in [0.1, 0.15) is 0 Å². The van der Waals surface area contributed by atoms with E-state index in [1.165, 1.54) is 10.4 Å². The topological polar surface area (TPSA) is 71.5 Å². The van der Waals surface area contributed by atoms with E-state index in [1.54, 1.807) is 12.1 Å². The van der Waals surface area contributed by atoms with E-state index in [1.807, 2.05) is 6.92 Å². The third-order valence-corrected chi connectivity index (χ3v) is 7.49. The van der Waals surface area contributed by atoms with E-state index in [9.17, 15) is 16.8 Å². The Morgan fingerprint density at radius 2 is 1.79 bits per heavy atom. The van der Waals surface area contributed by atoms with Crippen molar-refractivity contribution >= 4 is 35.8 Å². The summed E-state index contributed by atoms with van der Waals surface area (Å²) in [7, 11) is -6.73. The normalized spacial score (nSPS) is 20.3. The number of rotatable bonds is 2. The molecule has 2 rings (SSSR count). The van der Waals surface area contributed by atoms with Crippen molar-refractivity contribution in [2.24, 2.45) is 0 Å². The Morgan fingerprint density at radius 3 is 2.32 bits per heavy atom. The van der Waals surface area contributed by atoms with Crippen LogP contribution in [0.1, 0.15) is 5.56 Å². The van der Waals surface area contributed by atoms with E-state index in [2.05, 4.69) is 15.9 Å². The molecule has 0 aromatic heterocycles. The first kappa shape index (κ1) is 15.0. The molecule has 0 N–H and O–H groups in total. The molecular weight excluding hydrogens is 354 g/mol. The molecule has 0 radical (unpaired) electrons. The lowest BCUT2D eigenvalue weighted by atomic mass is 10.2. The lowest BCUT2D eigenvalue weighted by Gasteiger charge is -2.26. The molecule has 1 aromatic rings. The van der Waals surface area contributed by atoms with Crippen LogP contribution >= 0.6 is 15.9 Å². The number of sulfone groups is 1. The van der Waals surface area contributed by atoms with E-state index in [4.69, 9.17) is 0 Å². The number of benzene rings is 1. The van der Waals surface area contributed by atoms with Gasteiger partial charge < -0.3 is 0 Å². The van der Waals surface area contributed by atoms with Gasteiger partial charge in [-0.25, -0.2) is 16.8 Å². The maximum atomic E-state index is 12.4. The quantitative estimate of drug-likeness (QED) is 0.786. The Morgan fingerprint density at radius 1 is 1.21 bits per heavy atom. The summed E-state index contributed by atoms with van der Waals surface area (Å²) in [6.45, 7) is 1.91. The summed E-state index contributed by atoms with van der Waals surface area (Å²) in [6.07, 6.45) is 0. The maximum absolute atomic E-state index is 12.4. The number of sulfonamides is 1. The van der Waals surface area contributed by atoms with E-state index in [-0.39, 0.29) is 29.5 Å². The van der Waals surface area contributed by atoms with Gasteiger partial charge in [0.2, 0.25) is 10.0 Å². The van der Waals surface area contributed by atoms with Crippen molar-refractivity contribution in [2.75, 3.05) is 24.6 Å². The average molecular weight is 368 g/mol. The average Bonchev–Trinajstić information content (AvgIpc) is 2.27. The van der Waals surface area contributed by atoms with E-state index >= 15 is 0 Å². The van der Waals surface area contributed by atoms with E-state index in [0.717, 1.165) is 5.56 Å². The fourth-order valence-corrected chi connectivity index (χ4v) is 5.92. The maximum Gasteiger partial charge on any atom is 0.244 e. The minimum Gasteiger partial charge on any atom is -0.229 e. The Bertz CT molecular complexity index is 683. The van der Waals surface area contributed by atoms with Gasteiger partial charge in [-0.15, -0.1) is 0 Å². The summed E-state index contributed by atoms with van der Waals surface area (Å²) in [5, 5.41) is 0. The van der Waals surface area contributed by atoms with Crippen LogP contribution in [-0.2, 0) is 19.9 Å². The van der Waals surface area contributed by atoms with Crippen LogP contribution in [0, 0.1) is 6.92 Å². The molecule has 19 heavy (non-hydrogen) atoms. The third-order valence-electron chi connectivity index (χ3n) is 3.01. The zero-order chi connectivity index (χ0) is 14.3. The summed E-state index contributed by atoms with van der Waals surface area (Å²) in [5.41, 5.74) is 0.951. The zero-order valence-electron chi connectivity index (χ0n) is 10.3. The number of aryl methyl sites for hydroxylation is 1. The first-order valence-corrected chi connectivity index (χ1v) is 9.74. The molecule has 1 saturated heterocycles. The molecule has 1 heterocycles. The highest BCUT2D eigenvalue weighted by molar-refractivity contribution is 9.10. The minimum absolute atomic E-state index is 0.0188. The van der Waals surface area contributed by atoms with Crippen molar-refractivity contribution in [1.29, 1.82) is 0 Å². The largest absolute Gasteiger partial charge is 0.244 e. The first-order valence-electron chi connectivity index (χ1n) is 5.69. The molecule has 1 aliphatic rings. The zero-order valence-corrected chi connectivity index (χ0v) is 13.6. The van der Waals surface area contributed by atoms with Gasteiger partial charge in [0, 0.05) is 17.6 Å². The molecule has 0 spiro atoms. The van der Waals surface area contributed by atoms with E-state index in [0.29, 0.717) is 4.47 Å². The molecule has 8 heteroatoms. The van der Waals surface area contributed by atoms with Crippen LogP contribution in [0.2, 0.25) is 0 Å². The summed E-state index contributed by atoms with van der Waals surface area (Å²) >= 11 is 3.25. The van der Waals surface area contributed by atoms with Crippen LogP contribution in [-0.4, -0.2) is 45.7 Å². The molecule has 106 valence electrons. The van der Waals surface area contributed by atoms with Crippen molar-refractivity contribution in [3.05, 3.63) is 28.2 Å². The fourth-order valence-electron chi connectivity index (χ4n) is 1.89. The highest BCUT2D eigenvalue weighted by Crippen LogP contribution is 2.26. The van der Waals surface area contributed by atoms with Crippen LogP contribution in [0.3, 0.4) is 0 Å². The Balaban J connectivity index is 2.33. The number of nitrogens with zero attached hydrogens (tertiary/aromatic N) is 1. The predicted octanol–water partition coefficient (Wildman–Crippen LogP) is 1.18. The molecule has 5 nitrogen and oxygen atoms in total. The van der Waals surface area contributed by atoms with Gasteiger partial charge in [-0.1, -0.05) is 6.07 Å². The Hall–Kier alpha value is -0.440. The molecule has 0 saturated carbocycles. The van der Waals surface area contributed by atoms with Crippen LogP contribution in [0.25, 0.3) is 0 Å². The minimum atomic E-state index is -3.64. The van der Waals surface area contributed by atoms with E-state index < -0.39 is 19.9 Å². The molecule has 1 aromatic carbocycles. The second-order valence-electron chi connectivity index (χ2n) is 4.49. The van der Waals surface area contributed by atoms with Crippen molar-refractivity contribution < 1.29 is 16.8 Å². The smallest absolute Gasteiger partial charge is 0.229 e. The van der Waals surface area contributed by atoms with Gasteiger partial charge in [-0.2, -0.15) is 4.31 Å². The van der Waals surface area contributed by atoms with Gasteiger partial charge in [-0.3, -0.25) is 0 Å². The van der Waals surface area contributed by atoms with Crippen LogP contribution in [0.4, 0.5) is 0 Å². The van der Waals surface area contributed by atoms with Gasteiger partial charge in [-0.05, 0) is 40.5 Å². The highest BCUT2D eigenvalue weighted by Gasteiger charge is 2.32. The number of hydrogen-bond acceptors (Lipinski definition) is 4. The van der Waals surface area contributed by atoms with Crippen molar-refractivity contribution in [1.82, 2.24) is 4.31 Å². The molecule has 0 aliphatic carbocycles. The summed E-state index contributed by atoms with van der Waals surface area (Å²) < 4.78 is 49.3. The fraction of sp³-hybridized carbons (Fsp3) is 0.455. The molecule has 1 aliphatic heterocycles. The Labute approximate surface area is 121 Å². The SMILES string of the molecule is Cc1ccc(S(=O)(=O)N2CCS(=O)(=O)CC2)c(Br)c1. The van der Waals surface area contributed by atoms with Crippen molar-refractivity contribution in [3.63, 3.8) is 0 Å². The van der Waals surface area contributed by atoms with Crippen molar-refractivity contribution in [2.45, 2.75) is 11.8 Å². The van der Waals surface area contributed by atoms with Gasteiger partial charge in [0.15, 0.2) is 9.84 Å². The molecule has 0 bridgehead atoms. The molecule has 0 unspecified atom stereocenters. The van der Waals surface area contributed by atoms with Gasteiger partial charge >= 0.3 is 0 Å². The van der Waals surface area contributed by atoms with Gasteiger partial charge in [0.05, 0.1) is 16.4 Å². The number of hydrogen-bond donors (Lipinski definition) is 0. The molecule has 1 fully saturated rings. The molecular formula is C11H14BrNO4S2. The molecule has 0 amide bonds. The predicted molar refractivity (Wildman–Crippen MR) is 76.3 cm³/mol. The monoisotopic (exact) mass is 367 g/mol. The van der Waals surface area contributed by atoms with Crippen LogP contribution in [0.15, 0.2) is 27.6 Å². The lowest BCUT2D eigenvalue weighted by Crippen LogP contribution is -2.43. The van der Waals surface area contributed by atoms with Crippen molar-refractivity contribution in [3.8, 4) is 0 Å². The Kier molecular flexibility index (Phi) is 4.06. The second kappa shape index (κ2) is 5.16. The highest BCUT2D eigenvalue weighted by atomic mass is 79.9. The standard InChI is InChI=1S/C11H14BrNO4S2/c1-9-2-3-11(10(12)8-9)19(16,17)13-4-6-18(14,15)7-5-13/h2-3,8H,4-7H2,1H3. The summed E-state index contributed by atoms with van der Waals surface area (Å²) in [5.74, 6) is -0.231. The first-order chi connectivity index (χ1) is 8.72.